The van der Waals surface area contributed by atoms with Gasteiger partial charge in [0.2, 0.25) is 0 Å². The number of H-pyrrole nitrogens is 1. The van der Waals surface area contributed by atoms with Gasteiger partial charge < -0.3 is 15.5 Å². The largest absolute Gasteiger partial charge is 0.355 e. The summed E-state index contributed by atoms with van der Waals surface area (Å²) in [6, 6.07) is 8.68. The SMILES string of the molecule is CCC1CCN(c2n[nH]c3nc(N4CCC(C)(CN)CC4)cnc23)c2ccccc21. The average molecular weight is 406 g/mol. The first kappa shape index (κ1) is 19.3. The summed E-state index contributed by atoms with van der Waals surface area (Å²) in [7, 11) is 0. The van der Waals surface area contributed by atoms with Crippen molar-refractivity contribution in [2.45, 2.75) is 45.4 Å². The summed E-state index contributed by atoms with van der Waals surface area (Å²) in [5.41, 5.74) is 10.4. The lowest BCUT2D eigenvalue weighted by Crippen LogP contribution is -2.42. The van der Waals surface area contributed by atoms with Crippen LogP contribution in [0.25, 0.3) is 11.2 Å². The van der Waals surface area contributed by atoms with Gasteiger partial charge >= 0.3 is 0 Å². The Hall–Kier alpha value is -2.67. The molecule has 0 aliphatic carbocycles. The summed E-state index contributed by atoms with van der Waals surface area (Å²) in [5.74, 6) is 2.40. The van der Waals surface area contributed by atoms with Crippen LogP contribution in [0.2, 0.25) is 0 Å². The van der Waals surface area contributed by atoms with Crippen LogP contribution in [0.15, 0.2) is 30.5 Å². The molecule has 1 unspecified atom stereocenters. The number of anilines is 3. The molecule has 2 aliphatic heterocycles. The summed E-state index contributed by atoms with van der Waals surface area (Å²) < 4.78 is 0. The first-order valence-electron chi connectivity index (χ1n) is 11.1. The maximum absolute atomic E-state index is 5.96. The van der Waals surface area contributed by atoms with Crippen LogP contribution in [0, 0.1) is 5.41 Å². The van der Waals surface area contributed by atoms with Gasteiger partial charge in [-0.2, -0.15) is 5.10 Å². The van der Waals surface area contributed by atoms with Gasteiger partial charge in [0.1, 0.15) is 5.82 Å². The van der Waals surface area contributed by atoms with E-state index in [1.807, 2.05) is 6.20 Å². The molecule has 1 fully saturated rings. The molecule has 1 saturated heterocycles. The van der Waals surface area contributed by atoms with E-state index in [-0.39, 0.29) is 5.41 Å². The number of aromatic nitrogens is 4. The van der Waals surface area contributed by atoms with Crippen LogP contribution in [-0.2, 0) is 0 Å². The standard InChI is InChI=1S/C23H31N7/c1-3-16-8-11-30(18-7-5-4-6-17(16)18)22-20-21(27-28-22)26-19(14-25-20)29-12-9-23(2,15-24)10-13-29/h4-7,14,16H,3,8-13,15,24H2,1-2H3,(H,26,27,28). The number of nitrogens with one attached hydrogen (secondary N) is 1. The van der Waals surface area contributed by atoms with Crippen LogP contribution >= 0.6 is 0 Å². The van der Waals surface area contributed by atoms with Gasteiger partial charge in [-0.15, -0.1) is 0 Å². The summed E-state index contributed by atoms with van der Waals surface area (Å²) >= 11 is 0. The number of nitrogens with two attached hydrogens (primary N) is 1. The molecule has 0 amide bonds. The van der Waals surface area contributed by atoms with Gasteiger partial charge in [0.25, 0.3) is 0 Å². The highest BCUT2D eigenvalue weighted by molar-refractivity contribution is 5.87. The predicted molar refractivity (Wildman–Crippen MR) is 121 cm³/mol. The zero-order valence-corrected chi connectivity index (χ0v) is 17.9. The van der Waals surface area contributed by atoms with Crippen molar-refractivity contribution in [3.05, 3.63) is 36.0 Å². The first-order valence-corrected chi connectivity index (χ1v) is 11.1. The normalized spacial score (nSPS) is 21.1. The van der Waals surface area contributed by atoms with Crippen LogP contribution in [0.3, 0.4) is 0 Å². The van der Waals surface area contributed by atoms with Crippen LogP contribution < -0.4 is 15.5 Å². The van der Waals surface area contributed by atoms with E-state index in [4.69, 9.17) is 15.7 Å². The molecule has 1 atom stereocenters. The fraction of sp³-hybridized carbons (Fsp3) is 0.522. The number of para-hydroxylation sites is 1. The average Bonchev–Trinajstić information content (AvgIpc) is 3.22. The third kappa shape index (κ3) is 3.21. The monoisotopic (exact) mass is 405 g/mol. The number of rotatable bonds is 4. The molecule has 0 saturated carbocycles. The molecule has 3 N–H and O–H groups in total. The third-order valence-electron chi connectivity index (χ3n) is 7.14. The number of nitrogens with zero attached hydrogens (tertiary/aromatic N) is 5. The second kappa shape index (κ2) is 7.54. The lowest BCUT2D eigenvalue weighted by atomic mass is 9.80. The number of benzene rings is 1. The second-order valence-electron chi connectivity index (χ2n) is 9.08. The Morgan fingerprint density at radius 2 is 2.00 bits per heavy atom. The number of hydrogen-bond donors (Lipinski definition) is 2. The first-order chi connectivity index (χ1) is 14.6. The maximum Gasteiger partial charge on any atom is 0.183 e. The molecule has 1 aromatic carbocycles. The van der Waals surface area contributed by atoms with Gasteiger partial charge in [-0.05, 0) is 55.2 Å². The number of aromatic amines is 1. The zero-order chi connectivity index (χ0) is 20.7. The molecule has 2 aromatic heterocycles. The summed E-state index contributed by atoms with van der Waals surface area (Å²) in [6.07, 6.45) is 6.35. The van der Waals surface area contributed by atoms with Crippen molar-refractivity contribution in [3.63, 3.8) is 0 Å². The van der Waals surface area contributed by atoms with Crippen molar-refractivity contribution in [1.82, 2.24) is 20.2 Å². The van der Waals surface area contributed by atoms with E-state index in [0.29, 0.717) is 5.92 Å². The summed E-state index contributed by atoms with van der Waals surface area (Å²) in [4.78, 5) is 14.3. The Morgan fingerprint density at radius 1 is 1.20 bits per heavy atom. The van der Waals surface area contributed by atoms with Crippen LogP contribution in [0.1, 0.15) is 51.0 Å². The van der Waals surface area contributed by atoms with Crippen molar-refractivity contribution in [2.24, 2.45) is 11.1 Å². The Kier molecular flexibility index (Phi) is 4.85. The number of hydrogen-bond acceptors (Lipinski definition) is 6. The van der Waals surface area contributed by atoms with E-state index in [1.54, 1.807) is 0 Å². The van der Waals surface area contributed by atoms with Gasteiger partial charge in [-0.3, -0.25) is 5.10 Å². The number of piperidine rings is 1. The molecule has 4 heterocycles. The Bertz CT molecular complexity index is 1030. The molecule has 7 nitrogen and oxygen atoms in total. The molecule has 2 aliphatic rings. The smallest absolute Gasteiger partial charge is 0.183 e. The highest BCUT2D eigenvalue weighted by Crippen LogP contribution is 2.41. The molecule has 0 bridgehead atoms. The topological polar surface area (TPSA) is 87.0 Å². The maximum atomic E-state index is 5.96. The Balaban J connectivity index is 1.44. The summed E-state index contributed by atoms with van der Waals surface area (Å²) in [6.45, 7) is 8.17. The van der Waals surface area contributed by atoms with Crippen molar-refractivity contribution in [1.29, 1.82) is 0 Å². The van der Waals surface area contributed by atoms with E-state index >= 15 is 0 Å². The van der Waals surface area contributed by atoms with Gasteiger partial charge in [-0.25, -0.2) is 9.97 Å². The van der Waals surface area contributed by atoms with E-state index in [9.17, 15) is 0 Å². The molecular formula is C23H31N7. The van der Waals surface area contributed by atoms with Crippen molar-refractivity contribution in [2.75, 3.05) is 36.0 Å². The van der Waals surface area contributed by atoms with E-state index in [0.717, 1.165) is 74.7 Å². The Morgan fingerprint density at radius 3 is 2.77 bits per heavy atom. The molecular weight excluding hydrogens is 374 g/mol. The quantitative estimate of drug-likeness (QED) is 0.683. The van der Waals surface area contributed by atoms with E-state index in [2.05, 4.69) is 58.1 Å². The van der Waals surface area contributed by atoms with Crippen LogP contribution in [0.4, 0.5) is 17.3 Å². The number of fused-ring (bicyclic) bond motifs is 2. The highest BCUT2D eigenvalue weighted by Gasteiger charge is 2.30. The third-order valence-corrected chi connectivity index (χ3v) is 7.14. The van der Waals surface area contributed by atoms with Crippen molar-refractivity contribution < 1.29 is 0 Å². The van der Waals surface area contributed by atoms with Gasteiger partial charge in [0.15, 0.2) is 17.0 Å². The molecule has 5 rings (SSSR count). The molecule has 7 heteroatoms. The van der Waals surface area contributed by atoms with Gasteiger partial charge in [0, 0.05) is 25.3 Å². The van der Waals surface area contributed by atoms with Gasteiger partial charge in [0.05, 0.1) is 6.20 Å². The minimum Gasteiger partial charge on any atom is -0.355 e. The molecule has 3 aromatic rings. The lowest BCUT2D eigenvalue weighted by Gasteiger charge is -2.39. The van der Waals surface area contributed by atoms with Gasteiger partial charge in [-0.1, -0.05) is 32.0 Å². The zero-order valence-electron chi connectivity index (χ0n) is 17.9. The molecule has 0 spiro atoms. The molecule has 30 heavy (non-hydrogen) atoms. The minimum atomic E-state index is 0.243. The van der Waals surface area contributed by atoms with E-state index < -0.39 is 0 Å². The Labute approximate surface area is 177 Å². The fourth-order valence-corrected chi connectivity index (χ4v) is 4.88. The summed E-state index contributed by atoms with van der Waals surface area (Å²) in [5, 5.41) is 7.77. The van der Waals surface area contributed by atoms with Crippen LogP contribution in [0.5, 0.6) is 0 Å². The molecule has 0 radical (unpaired) electrons. The lowest BCUT2D eigenvalue weighted by molar-refractivity contribution is 0.258. The minimum absolute atomic E-state index is 0.243. The van der Waals surface area contributed by atoms with Crippen molar-refractivity contribution >= 4 is 28.5 Å². The second-order valence-corrected chi connectivity index (χ2v) is 9.08. The predicted octanol–water partition coefficient (Wildman–Crippen LogP) is 3.95. The highest BCUT2D eigenvalue weighted by atomic mass is 15.3. The molecule has 158 valence electrons. The van der Waals surface area contributed by atoms with Crippen molar-refractivity contribution in [3.8, 4) is 0 Å². The van der Waals surface area contributed by atoms with E-state index in [1.165, 1.54) is 11.3 Å². The van der Waals surface area contributed by atoms with Crippen LogP contribution in [-0.4, -0.2) is 46.3 Å². The fourth-order valence-electron chi connectivity index (χ4n) is 4.88.